The van der Waals surface area contributed by atoms with Gasteiger partial charge in [0.2, 0.25) is 0 Å². The van der Waals surface area contributed by atoms with Gasteiger partial charge in [-0.15, -0.1) is 0 Å². The van der Waals surface area contributed by atoms with Crippen LogP contribution in [0.3, 0.4) is 0 Å². The zero-order valence-corrected chi connectivity index (χ0v) is 16.4. The Hall–Kier alpha value is -1.92. The van der Waals surface area contributed by atoms with Crippen LogP contribution in [0.1, 0.15) is 49.8 Å². The van der Waals surface area contributed by atoms with E-state index in [1.807, 2.05) is 38.2 Å². The number of hydrogen-bond acceptors (Lipinski definition) is 3. The van der Waals surface area contributed by atoms with Gasteiger partial charge in [0.05, 0.1) is 11.2 Å². The monoisotopic (exact) mass is 392 g/mol. The molecule has 3 nitrogen and oxygen atoms in total. The topological polar surface area (TPSA) is 34.2 Å². The van der Waals surface area contributed by atoms with Crippen LogP contribution in [-0.4, -0.2) is 23.7 Å². The van der Waals surface area contributed by atoms with Crippen molar-refractivity contribution >= 4 is 0 Å². The molecule has 1 atom stereocenters. The Balaban J connectivity index is 1.78. The fraction of sp³-hybridized carbons (Fsp3) is 0.500. The third kappa shape index (κ3) is 5.11. The third-order valence-electron chi connectivity index (χ3n) is 5.47. The lowest BCUT2D eigenvalue weighted by atomic mass is 9.67. The summed E-state index contributed by atoms with van der Waals surface area (Å²) < 4.78 is 45.7. The van der Waals surface area contributed by atoms with Crippen LogP contribution in [-0.2, 0) is 22.9 Å². The van der Waals surface area contributed by atoms with E-state index in [1.165, 1.54) is 12.1 Å². The van der Waals surface area contributed by atoms with Crippen LogP contribution >= 0.6 is 0 Å². The highest BCUT2D eigenvalue weighted by Crippen LogP contribution is 2.45. The third-order valence-corrected chi connectivity index (χ3v) is 5.47. The Morgan fingerprint density at radius 2 is 2.00 bits per heavy atom. The molecule has 152 valence electrons. The molecule has 28 heavy (non-hydrogen) atoms. The van der Waals surface area contributed by atoms with Crippen molar-refractivity contribution < 1.29 is 17.9 Å². The normalized spacial score (nSPS) is 22.2. The average Bonchev–Trinajstić information content (AvgIpc) is 2.65. The molecule has 1 aliphatic rings. The summed E-state index contributed by atoms with van der Waals surface area (Å²) in [5.74, 6) is 0. The van der Waals surface area contributed by atoms with Gasteiger partial charge in [0, 0.05) is 31.0 Å². The second-order valence-corrected chi connectivity index (χ2v) is 8.18. The van der Waals surface area contributed by atoms with Gasteiger partial charge in [0.1, 0.15) is 0 Å². The molecular weight excluding hydrogens is 365 g/mol. The predicted octanol–water partition coefficient (Wildman–Crippen LogP) is 5.11. The molecule has 0 amide bonds. The molecular formula is C22H27F3N2O. The summed E-state index contributed by atoms with van der Waals surface area (Å²) >= 11 is 0. The van der Waals surface area contributed by atoms with Crippen LogP contribution in [0.2, 0.25) is 0 Å². The minimum absolute atomic E-state index is 0.342. The zero-order chi connectivity index (χ0) is 20.3. The van der Waals surface area contributed by atoms with Crippen LogP contribution in [0.25, 0.3) is 0 Å². The first-order valence-corrected chi connectivity index (χ1v) is 9.62. The van der Waals surface area contributed by atoms with Gasteiger partial charge in [-0.25, -0.2) is 0 Å². The number of nitrogens with one attached hydrogen (secondary N) is 1. The van der Waals surface area contributed by atoms with E-state index in [2.05, 4.69) is 10.3 Å². The Labute approximate surface area is 164 Å². The fourth-order valence-electron chi connectivity index (χ4n) is 4.17. The second kappa shape index (κ2) is 8.21. The highest BCUT2D eigenvalue weighted by atomic mass is 19.4. The van der Waals surface area contributed by atoms with Gasteiger partial charge in [-0.2, -0.15) is 13.2 Å². The lowest BCUT2D eigenvalue weighted by molar-refractivity contribution is -0.137. The summed E-state index contributed by atoms with van der Waals surface area (Å²) in [4.78, 5) is 4.10. The summed E-state index contributed by atoms with van der Waals surface area (Å²) in [6.45, 7) is 5.97. The van der Waals surface area contributed by atoms with E-state index in [1.54, 1.807) is 6.20 Å². The van der Waals surface area contributed by atoms with E-state index in [4.69, 9.17) is 4.74 Å². The standard InChI is InChI=1S/C22H27F3N2O/c1-20(2)16-21(9-12-28-20,8-11-27-15-17-5-4-10-26-14-17)18-6-3-7-19(13-18)22(23,24)25/h3-7,10,13-14,27H,8-9,11-12,15-16H2,1-2H3. The molecule has 1 aromatic carbocycles. The molecule has 3 rings (SSSR count). The first-order valence-electron chi connectivity index (χ1n) is 9.62. The van der Waals surface area contributed by atoms with E-state index >= 15 is 0 Å². The fourth-order valence-corrected chi connectivity index (χ4v) is 4.17. The Morgan fingerprint density at radius 3 is 2.68 bits per heavy atom. The maximum atomic E-state index is 13.3. The van der Waals surface area contributed by atoms with E-state index in [-0.39, 0.29) is 11.0 Å². The Bertz CT molecular complexity index is 777. The summed E-state index contributed by atoms with van der Waals surface area (Å²) in [6.07, 6.45) is 1.36. The molecule has 1 saturated heterocycles. The highest BCUT2D eigenvalue weighted by molar-refractivity contribution is 5.33. The number of hydrogen-bond donors (Lipinski definition) is 1. The van der Waals surface area contributed by atoms with E-state index < -0.39 is 11.7 Å². The van der Waals surface area contributed by atoms with Gasteiger partial charge in [0.15, 0.2) is 0 Å². The molecule has 2 heterocycles. The number of ether oxygens (including phenoxy) is 1. The zero-order valence-electron chi connectivity index (χ0n) is 16.4. The lowest BCUT2D eigenvalue weighted by Crippen LogP contribution is -2.45. The van der Waals surface area contributed by atoms with Gasteiger partial charge in [-0.1, -0.05) is 24.3 Å². The van der Waals surface area contributed by atoms with Crippen LogP contribution in [0, 0.1) is 0 Å². The van der Waals surface area contributed by atoms with Gasteiger partial charge >= 0.3 is 6.18 Å². The summed E-state index contributed by atoms with van der Waals surface area (Å²) in [6, 6.07) is 9.70. The van der Waals surface area contributed by atoms with Gasteiger partial charge < -0.3 is 10.1 Å². The minimum atomic E-state index is -4.34. The molecule has 1 N–H and O–H groups in total. The molecule has 0 bridgehead atoms. The Morgan fingerprint density at radius 1 is 1.18 bits per heavy atom. The molecule has 0 spiro atoms. The van der Waals surface area contributed by atoms with Crippen molar-refractivity contribution in [2.75, 3.05) is 13.2 Å². The van der Waals surface area contributed by atoms with Gasteiger partial charge in [-0.3, -0.25) is 4.98 Å². The van der Waals surface area contributed by atoms with Crippen molar-refractivity contribution in [1.29, 1.82) is 0 Å². The van der Waals surface area contributed by atoms with E-state index in [0.717, 1.165) is 23.6 Å². The SMILES string of the molecule is CC1(C)CC(CCNCc2cccnc2)(c2cccc(C(F)(F)F)c2)CCO1. The van der Waals surface area contributed by atoms with Crippen molar-refractivity contribution in [3.8, 4) is 0 Å². The largest absolute Gasteiger partial charge is 0.416 e. The van der Waals surface area contributed by atoms with Crippen LogP contribution < -0.4 is 5.32 Å². The quantitative estimate of drug-likeness (QED) is 0.694. The van der Waals surface area contributed by atoms with Crippen molar-refractivity contribution in [2.24, 2.45) is 0 Å². The van der Waals surface area contributed by atoms with E-state index in [0.29, 0.717) is 32.5 Å². The molecule has 0 saturated carbocycles. The van der Waals surface area contributed by atoms with Gasteiger partial charge in [0.25, 0.3) is 0 Å². The van der Waals surface area contributed by atoms with E-state index in [9.17, 15) is 13.2 Å². The maximum absolute atomic E-state index is 13.3. The number of benzene rings is 1. The molecule has 1 unspecified atom stereocenters. The van der Waals surface area contributed by atoms with Crippen molar-refractivity contribution in [1.82, 2.24) is 10.3 Å². The minimum Gasteiger partial charge on any atom is -0.376 e. The molecule has 0 radical (unpaired) electrons. The van der Waals surface area contributed by atoms with Gasteiger partial charge in [-0.05, 0) is 62.9 Å². The number of nitrogens with zero attached hydrogens (tertiary/aromatic N) is 1. The number of halogens is 3. The second-order valence-electron chi connectivity index (χ2n) is 8.18. The number of aromatic nitrogens is 1. The maximum Gasteiger partial charge on any atom is 0.416 e. The average molecular weight is 392 g/mol. The summed E-state index contributed by atoms with van der Waals surface area (Å²) in [5.41, 5.74) is 0.544. The predicted molar refractivity (Wildman–Crippen MR) is 103 cm³/mol. The summed E-state index contributed by atoms with van der Waals surface area (Å²) in [5, 5.41) is 3.41. The molecule has 1 fully saturated rings. The van der Waals surface area contributed by atoms with Crippen LogP contribution in [0.5, 0.6) is 0 Å². The Kier molecular flexibility index (Phi) is 6.10. The molecule has 1 aliphatic heterocycles. The summed E-state index contributed by atoms with van der Waals surface area (Å²) in [7, 11) is 0. The van der Waals surface area contributed by atoms with Crippen LogP contribution in [0.4, 0.5) is 13.2 Å². The number of alkyl halides is 3. The molecule has 0 aliphatic carbocycles. The first kappa shape index (κ1) is 20.8. The first-order chi connectivity index (χ1) is 13.2. The molecule has 1 aromatic heterocycles. The van der Waals surface area contributed by atoms with Crippen LogP contribution in [0.15, 0.2) is 48.8 Å². The molecule has 6 heteroatoms. The number of pyridine rings is 1. The molecule has 2 aromatic rings. The number of rotatable bonds is 6. The van der Waals surface area contributed by atoms with Crippen molar-refractivity contribution in [2.45, 2.75) is 56.8 Å². The lowest BCUT2D eigenvalue weighted by Gasteiger charge is -2.45. The van der Waals surface area contributed by atoms with Crippen molar-refractivity contribution in [3.05, 3.63) is 65.5 Å². The highest BCUT2D eigenvalue weighted by Gasteiger charge is 2.42. The van der Waals surface area contributed by atoms with Crippen molar-refractivity contribution in [3.63, 3.8) is 0 Å². The smallest absolute Gasteiger partial charge is 0.376 e.